The molecule has 0 saturated heterocycles. The molecule has 0 spiro atoms. The van der Waals surface area contributed by atoms with Crippen LogP contribution < -0.4 is 10.6 Å². The first-order chi connectivity index (χ1) is 7.90. The van der Waals surface area contributed by atoms with E-state index < -0.39 is 5.97 Å². The van der Waals surface area contributed by atoms with Crippen LogP contribution in [-0.2, 0) is 4.79 Å². The van der Waals surface area contributed by atoms with Crippen molar-refractivity contribution in [2.75, 3.05) is 5.32 Å². The van der Waals surface area contributed by atoms with Gasteiger partial charge in [0.2, 0.25) is 5.91 Å². The fourth-order valence-electron chi connectivity index (χ4n) is 1.20. The SMILES string of the molecule is CC(=O)NC(=S)Nc1cc(C(=O)O)ccc1C. The summed E-state index contributed by atoms with van der Waals surface area (Å²) in [5.41, 5.74) is 1.55. The molecule has 0 bridgehead atoms. The van der Waals surface area contributed by atoms with E-state index in [-0.39, 0.29) is 16.6 Å². The summed E-state index contributed by atoms with van der Waals surface area (Å²) in [5, 5.41) is 14.2. The van der Waals surface area contributed by atoms with Crippen molar-refractivity contribution >= 4 is 34.9 Å². The highest BCUT2D eigenvalue weighted by Gasteiger charge is 2.07. The lowest BCUT2D eigenvalue weighted by atomic mass is 10.1. The number of nitrogens with one attached hydrogen (secondary N) is 2. The molecule has 1 aromatic carbocycles. The zero-order valence-corrected chi connectivity index (χ0v) is 10.2. The molecule has 1 amide bonds. The first kappa shape index (κ1) is 13.1. The standard InChI is InChI=1S/C11H12N2O3S/c1-6-3-4-8(10(15)16)5-9(6)13-11(17)12-7(2)14/h3-5H,1-2H3,(H,15,16)(H2,12,13,14,17). The van der Waals surface area contributed by atoms with Crippen molar-refractivity contribution in [3.63, 3.8) is 0 Å². The third kappa shape index (κ3) is 3.84. The third-order valence-electron chi connectivity index (χ3n) is 2.02. The molecule has 0 unspecified atom stereocenters. The maximum atomic E-state index is 10.8. The fourth-order valence-corrected chi connectivity index (χ4v) is 1.46. The van der Waals surface area contributed by atoms with Crippen LogP contribution in [0.2, 0.25) is 0 Å². The Bertz CT molecular complexity index is 486. The molecular weight excluding hydrogens is 240 g/mol. The van der Waals surface area contributed by atoms with Crippen molar-refractivity contribution in [2.45, 2.75) is 13.8 Å². The number of aryl methyl sites for hydroxylation is 1. The van der Waals surface area contributed by atoms with Crippen molar-refractivity contribution in [1.82, 2.24) is 5.32 Å². The van der Waals surface area contributed by atoms with E-state index in [0.29, 0.717) is 5.69 Å². The van der Waals surface area contributed by atoms with Gasteiger partial charge in [-0.1, -0.05) is 6.07 Å². The lowest BCUT2D eigenvalue weighted by molar-refractivity contribution is -0.117. The van der Waals surface area contributed by atoms with Gasteiger partial charge in [0.15, 0.2) is 5.11 Å². The molecule has 0 fully saturated rings. The molecule has 3 N–H and O–H groups in total. The average molecular weight is 252 g/mol. The lowest BCUT2D eigenvalue weighted by Gasteiger charge is -2.11. The number of carbonyl (C=O) groups excluding carboxylic acids is 1. The van der Waals surface area contributed by atoms with E-state index in [1.165, 1.54) is 19.1 Å². The van der Waals surface area contributed by atoms with Crippen LogP contribution in [0.15, 0.2) is 18.2 Å². The number of carboxylic acid groups (broad SMARTS) is 1. The molecular formula is C11H12N2O3S. The number of anilines is 1. The Labute approximate surface area is 104 Å². The normalized spacial score (nSPS) is 9.53. The summed E-state index contributed by atoms with van der Waals surface area (Å²) in [5.74, 6) is -1.30. The number of aromatic carboxylic acids is 1. The van der Waals surface area contributed by atoms with Crippen molar-refractivity contribution in [3.05, 3.63) is 29.3 Å². The highest BCUT2D eigenvalue weighted by atomic mass is 32.1. The Kier molecular flexibility index (Phi) is 4.17. The van der Waals surface area contributed by atoms with Gasteiger partial charge >= 0.3 is 5.97 Å². The first-order valence-electron chi connectivity index (χ1n) is 4.82. The van der Waals surface area contributed by atoms with Gasteiger partial charge < -0.3 is 15.7 Å². The molecule has 0 aromatic heterocycles. The number of carbonyl (C=O) groups is 2. The summed E-state index contributed by atoms with van der Waals surface area (Å²) >= 11 is 4.89. The van der Waals surface area contributed by atoms with E-state index >= 15 is 0 Å². The number of hydrogen-bond donors (Lipinski definition) is 3. The van der Waals surface area contributed by atoms with Gasteiger partial charge in [-0.25, -0.2) is 4.79 Å². The summed E-state index contributed by atoms with van der Waals surface area (Å²) in [6.45, 7) is 3.15. The van der Waals surface area contributed by atoms with Crippen LogP contribution in [0.25, 0.3) is 0 Å². The van der Waals surface area contributed by atoms with Gasteiger partial charge in [-0.15, -0.1) is 0 Å². The lowest BCUT2D eigenvalue weighted by Crippen LogP contribution is -2.32. The Morgan fingerprint density at radius 3 is 2.53 bits per heavy atom. The zero-order chi connectivity index (χ0) is 13.0. The summed E-state index contributed by atoms with van der Waals surface area (Å²) in [6, 6.07) is 4.64. The van der Waals surface area contributed by atoms with Crippen molar-refractivity contribution in [1.29, 1.82) is 0 Å². The van der Waals surface area contributed by atoms with Crippen LogP contribution in [0, 0.1) is 6.92 Å². The van der Waals surface area contributed by atoms with Crippen molar-refractivity contribution < 1.29 is 14.7 Å². The average Bonchev–Trinajstić information content (AvgIpc) is 2.19. The van der Waals surface area contributed by atoms with Crippen LogP contribution in [0.4, 0.5) is 5.69 Å². The van der Waals surface area contributed by atoms with Crippen molar-refractivity contribution in [2.24, 2.45) is 0 Å². The molecule has 90 valence electrons. The predicted molar refractivity (Wildman–Crippen MR) is 68.2 cm³/mol. The van der Waals surface area contributed by atoms with Crippen LogP contribution in [0.5, 0.6) is 0 Å². The summed E-state index contributed by atoms with van der Waals surface area (Å²) in [7, 11) is 0. The van der Waals surface area contributed by atoms with Gasteiger partial charge in [0.25, 0.3) is 0 Å². The predicted octanol–water partition coefficient (Wildman–Crippen LogP) is 1.53. The Hall–Kier alpha value is -1.95. The number of thiocarbonyl (C=S) groups is 1. The molecule has 0 aliphatic heterocycles. The largest absolute Gasteiger partial charge is 0.478 e. The van der Waals surface area contributed by atoms with E-state index in [9.17, 15) is 9.59 Å². The molecule has 17 heavy (non-hydrogen) atoms. The number of carboxylic acids is 1. The first-order valence-corrected chi connectivity index (χ1v) is 5.23. The zero-order valence-electron chi connectivity index (χ0n) is 9.40. The summed E-state index contributed by atoms with van der Waals surface area (Å²) < 4.78 is 0. The number of hydrogen-bond acceptors (Lipinski definition) is 3. The minimum Gasteiger partial charge on any atom is -0.478 e. The number of benzene rings is 1. The maximum absolute atomic E-state index is 10.8. The highest BCUT2D eigenvalue weighted by molar-refractivity contribution is 7.80. The molecule has 0 atom stereocenters. The molecule has 0 aliphatic carbocycles. The van der Waals surface area contributed by atoms with Gasteiger partial charge in [-0.05, 0) is 36.8 Å². The second kappa shape index (κ2) is 5.40. The molecule has 0 saturated carbocycles. The minimum absolute atomic E-state index is 0.142. The molecule has 1 rings (SSSR count). The molecule has 0 radical (unpaired) electrons. The molecule has 0 heterocycles. The monoisotopic (exact) mass is 252 g/mol. The van der Waals surface area contributed by atoms with Crippen LogP contribution >= 0.6 is 12.2 Å². The molecule has 1 aromatic rings. The van der Waals surface area contributed by atoms with Crippen molar-refractivity contribution in [3.8, 4) is 0 Å². The minimum atomic E-state index is -1.02. The third-order valence-corrected chi connectivity index (χ3v) is 2.23. The Morgan fingerprint density at radius 2 is 2.00 bits per heavy atom. The van der Waals surface area contributed by atoms with E-state index in [1.807, 2.05) is 6.92 Å². The van der Waals surface area contributed by atoms with E-state index in [0.717, 1.165) is 5.56 Å². The summed E-state index contributed by atoms with van der Waals surface area (Å²) in [4.78, 5) is 21.6. The van der Waals surface area contributed by atoms with E-state index in [4.69, 9.17) is 17.3 Å². The van der Waals surface area contributed by atoms with Crippen LogP contribution in [0.1, 0.15) is 22.8 Å². The van der Waals surface area contributed by atoms with Gasteiger partial charge in [0.1, 0.15) is 0 Å². The van der Waals surface area contributed by atoms with E-state index in [1.54, 1.807) is 6.07 Å². The smallest absolute Gasteiger partial charge is 0.335 e. The van der Waals surface area contributed by atoms with Crippen LogP contribution in [-0.4, -0.2) is 22.1 Å². The van der Waals surface area contributed by atoms with Gasteiger partial charge in [0.05, 0.1) is 5.56 Å². The quantitative estimate of drug-likeness (QED) is 0.696. The Balaban J connectivity index is 2.90. The number of rotatable bonds is 2. The highest BCUT2D eigenvalue weighted by Crippen LogP contribution is 2.16. The topological polar surface area (TPSA) is 78.4 Å². The van der Waals surface area contributed by atoms with Crippen LogP contribution in [0.3, 0.4) is 0 Å². The maximum Gasteiger partial charge on any atom is 0.335 e. The Morgan fingerprint density at radius 1 is 1.35 bits per heavy atom. The second-order valence-corrected chi connectivity index (χ2v) is 3.88. The number of amides is 1. The fraction of sp³-hybridized carbons (Fsp3) is 0.182. The molecule has 6 heteroatoms. The second-order valence-electron chi connectivity index (χ2n) is 3.47. The molecule has 0 aliphatic rings. The van der Waals surface area contributed by atoms with Gasteiger partial charge in [-0.3, -0.25) is 4.79 Å². The van der Waals surface area contributed by atoms with Gasteiger partial charge in [0, 0.05) is 12.6 Å². The summed E-state index contributed by atoms with van der Waals surface area (Å²) in [6.07, 6.45) is 0. The van der Waals surface area contributed by atoms with E-state index in [2.05, 4.69) is 10.6 Å². The van der Waals surface area contributed by atoms with Gasteiger partial charge in [-0.2, -0.15) is 0 Å². The molecule has 5 nitrogen and oxygen atoms in total.